The minimum atomic E-state index is -0.832. The Labute approximate surface area is 142 Å². The van der Waals surface area contributed by atoms with Crippen LogP contribution < -0.4 is 9.47 Å². The smallest absolute Gasteiger partial charge is 0.307 e. The van der Waals surface area contributed by atoms with Crippen molar-refractivity contribution in [3.63, 3.8) is 0 Å². The van der Waals surface area contributed by atoms with E-state index in [4.69, 9.17) is 14.6 Å². The van der Waals surface area contributed by atoms with E-state index < -0.39 is 5.97 Å². The molecule has 6 nitrogen and oxygen atoms in total. The molecule has 0 aliphatic rings. The third kappa shape index (κ3) is 3.46. The van der Waals surface area contributed by atoms with Gasteiger partial charge in [0.15, 0.2) is 0 Å². The van der Waals surface area contributed by atoms with Gasteiger partial charge in [-0.25, -0.2) is 4.98 Å². The lowest BCUT2D eigenvalue weighted by atomic mass is 10.1. The van der Waals surface area contributed by atoms with Crippen molar-refractivity contribution in [2.75, 3.05) is 7.11 Å². The van der Waals surface area contributed by atoms with E-state index >= 15 is 0 Å². The van der Waals surface area contributed by atoms with Gasteiger partial charge in [0.1, 0.15) is 18.2 Å². The first kappa shape index (κ1) is 16.2. The quantitative estimate of drug-likeness (QED) is 0.739. The molecule has 0 atom stereocenters. The zero-order valence-corrected chi connectivity index (χ0v) is 14.1. The van der Waals surface area contributed by atoms with Crippen molar-refractivity contribution in [2.24, 2.45) is 0 Å². The third-order valence-corrected chi connectivity index (χ3v) is 4.50. The van der Waals surface area contributed by atoms with Crippen LogP contribution in [-0.4, -0.2) is 28.2 Å². The number of thiophene rings is 1. The molecule has 0 aliphatic carbocycles. The number of methoxy groups -OCH3 is 1. The highest BCUT2D eigenvalue weighted by atomic mass is 32.1. The third-order valence-electron chi connectivity index (χ3n) is 3.50. The molecular weight excluding hydrogens is 328 g/mol. The molecule has 0 aliphatic heterocycles. The van der Waals surface area contributed by atoms with Gasteiger partial charge in [-0.05, 0) is 41.5 Å². The number of hydrogen-bond donors (Lipinski definition) is 1. The van der Waals surface area contributed by atoms with E-state index in [9.17, 15) is 4.79 Å². The Morgan fingerprint density at radius 1 is 1.33 bits per heavy atom. The SMILES string of the molecule is COc1nc(C)ncc1COc1ccc2c(CC(=O)O)csc2c1. The number of benzene rings is 1. The molecule has 0 unspecified atom stereocenters. The summed E-state index contributed by atoms with van der Waals surface area (Å²) < 4.78 is 12.0. The summed E-state index contributed by atoms with van der Waals surface area (Å²) in [4.78, 5) is 19.3. The molecule has 24 heavy (non-hydrogen) atoms. The van der Waals surface area contributed by atoms with E-state index in [1.165, 1.54) is 11.3 Å². The Bertz CT molecular complexity index is 891. The van der Waals surface area contributed by atoms with Crippen molar-refractivity contribution in [1.29, 1.82) is 0 Å². The van der Waals surface area contributed by atoms with Gasteiger partial charge in [0.2, 0.25) is 5.88 Å². The Kier molecular flexibility index (Phi) is 4.61. The highest BCUT2D eigenvalue weighted by Crippen LogP contribution is 2.30. The Morgan fingerprint density at radius 3 is 2.92 bits per heavy atom. The maximum Gasteiger partial charge on any atom is 0.307 e. The normalized spacial score (nSPS) is 10.8. The van der Waals surface area contributed by atoms with E-state index in [0.29, 0.717) is 24.1 Å². The number of ether oxygens (including phenoxy) is 2. The number of fused-ring (bicyclic) bond motifs is 1. The number of aryl methyl sites for hydroxylation is 1. The zero-order chi connectivity index (χ0) is 17.1. The topological polar surface area (TPSA) is 81.5 Å². The van der Waals surface area contributed by atoms with Crippen molar-refractivity contribution in [3.05, 3.63) is 46.7 Å². The van der Waals surface area contributed by atoms with Crippen molar-refractivity contribution in [1.82, 2.24) is 9.97 Å². The lowest BCUT2D eigenvalue weighted by Gasteiger charge is -2.09. The summed E-state index contributed by atoms with van der Waals surface area (Å²) >= 11 is 1.51. The second-order valence-corrected chi connectivity index (χ2v) is 6.14. The molecule has 0 amide bonds. The summed E-state index contributed by atoms with van der Waals surface area (Å²) in [6.45, 7) is 2.09. The van der Waals surface area contributed by atoms with Gasteiger partial charge in [-0.3, -0.25) is 4.79 Å². The van der Waals surface area contributed by atoms with Crippen molar-refractivity contribution in [2.45, 2.75) is 20.0 Å². The molecule has 0 saturated heterocycles. The van der Waals surface area contributed by atoms with Gasteiger partial charge >= 0.3 is 5.97 Å². The molecule has 0 radical (unpaired) electrons. The number of carboxylic acids is 1. The Hall–Kier alpha value is -2.67. The van der Waals surface area contributed by atoms with E-state index in [0.717, 1.165) is 21.2 Å². The van der Waals surface area contributed by atoms with E-state index in [2.05, 4.69) is 9.97 Å². The summed E-state index contributed by atoms with van der Waals surface area (Å²) in [5.41, 5.74) is 1.59. The van der Waals surface area contributed by atoms with Crippen LogP contribution in [0.4, 0.5) is 0 Å². The number of nitrogens with zero attached hydrogens (tertiary/aromatic N) is 2. The van der Waals surface area contributed by atoms with Crippen molar-refractivity contribution >= 4 is 27.4 Å². The maximum absolute atomic E-state index is 10.9. The molecule has 1 aromatic carbocycles. The maximum atomic E-state index is 10.9. The predicted octanol–water partition coefficient (Wildman–Crippen LogP) is 3.21. The van der Waals surface area contributed by atoms with Crippen LogP contribution in [0.5, 0.6) is 11.6 Å². The standard InChI is InChI=1S/C17H16N2O4S/c1-10-18-7-12(17(19-10)22-2)8-23-13-3-4-14-11(5-16(20)21)9-24-15(14)6-13/h3-4,6-7,9H,5,8H2,1-2H3,(H,20,21). The van der Waals surface area contributed by atoms with Gasteiger partial charge in [0.05, 0.1) is 19.1 Å². The zero-order valence-electron chi connectivity index (χ0n) is 13.3. The highest BCUT2D eigenvalue weighted by molar-refractivity contribution is 7.17. The molecule has 3 aromatic rings. The van der Waals surface area contributed by atoms with Crippen molar-refractivity contribution in [3.8, 4) is 11.6 Å². The molecule has 2 heterocycles. The average Bonchev–Trinajstić information content (AvgIpc) is 2.95. The Balaban J connectivity index is 1.77. The van der Waals surface area contributed by atoms with Gasteiger partial charge in [0, 0.05) is 10.9 Å². The first-order valence-electron chi connectivity index (χ1n) is 7.28. The fourth-order valence-corrected chi connectivity index (χ4v) is 3.35. The van der Waals surface area contributed by atoms with Gasteiger partial charge in [-0.15, -0.1) is 11.3 Å². The second kappa shape index (κ2) is 6.84. The lowest BCUT2D eigenvalue weighted by Crippen LogP contribution is -2.03. The van der Waals surface area contributed by atoms with Gasteiger partial charge in [-0.2, -0.15) is 4.98 Å². The fourth-order valence-electron chi connectivity index (χ4n) is 2.36. The van der Waals surface area contributed by atoms with E-state index in [1.54, 1.807) is 20.2 Å². The van der Waals surface area contributed by atoms with Crippen LogP contribution in [0.1, 0.15) is 17.0 Å². The minimum absolute atomic E-state index is 0.0259. The minimum Gasteiger partial charge on any atom is -0.489 e. The molecule has 7 heteroatoms. The Morgan fingerprint density at radius 2 is 2.17 bits per heavy atom. The van der Waals surface area contributed by atoms with Gasteiger partial charge in [-0.1, -0.05) is 0 Å². The number of carbonyl (C=O) groups is 1. The number of rotatable bonds is 6. The van der Waals surface area contributed by atoms with Crippen LogP contribution >= 0.6 is 11.3 Å². The monoisotopic (exact) mass is 344 g/mol. The van der Waals surface area contributed by atoms with Crippen LogP contribution in [0, 0.1) is 6.92 Å². The highest BCUT2D eigenvalue weighted by Gasteiger charge is 2.10. The van der Waals surface area contributed by atoms with Gasteiger partial charge < -0.3 is 14.6 Å². The van der Waals surface area contributed by atoms with Crippen LogP contribution in [-0.2, 0) is 17.8 Å². The summed E-state index contributed by atoms with van der Waals surface area (Å²) in [6, 6.07) is 5.64. The van der Waals surface area contributed by atoms with E-state index in [1.807, 2.05) is 23.6 Å². The number of carboxylic acid groups (broad SMARTS) is 1. The van der Waals surface area contributed by atoms with E-state index in [-0.39, 0.29) is 6.42 Å². The molecule has 0 bridgehead atoms. The van der Waals surface area contributed by atoms with Crippen LogP contribution in [0.3, 0.4) is 0 Å². The summed E-state index contributed by atoms with van der Waals surface area (Å²) in [5, 5.41) is 11.8. The molecule has 0 saturated carbocycles. The first-order chi connectivity index (χ1) is 11.6. The molecule has 0 spiro atoms. The fraction of sp³-hybridized carbons (Fsp3) is 0.235. The van der Waals surface area contributed by atoms with Crippen LogP contribution in [0.25, 0.3) is 10.1 Å². The molecule has 0 fully saturated rings. The molecular formula is C17H16N2O4S. The second-order valence-electron chi connectivity index (χ2n) is 5.23. The largest absolute Gasteiger partial charge is 0.489 e. The number of hydrogen-bond acceptors (Lipinski definition) is 6. The van der Waals surface area contributed by atoms with Crippen LogP contribution in [0.2, 0.25) is 0 Å². The van der Waals surface area contributed by atoms with Crippen LogP contribution in [0.15, 0.2) is 29.8 Å². The van der Waals surface area contributed by atoms with Gasteiger partial charge in [0.25, 0.3) is 0 Å². The summed E-state index contributed by atoms with van der Waals surface area (Å²) in [6.07, 6.45) is 1.72. The molecule has 2 aromatic heterocycles. The predicted molar refractivity (Wildman–Crippen MR) is 90.8 cm³/mol. The molecule has 1 N–H and O–H groups in total. The molecule has 3 rings (SSSR count). The lowest BCUT2D eigenvalue weighted by molar-refractivity contribution is -0.136. The number of aliphatic carboxylic acids is 1. The molecule has 124 valence electrons. The summed E-state index contributed by atoms with van der Waals surface area (Å²) in [7, 11) is 1.56. The first-order valence-corrected chi connectivity index (χ1v) is 8.16. The average molecular weight is 344 g/mol. The number of aromatic nitrogens is 2. The van der Waals surface area contributed by atoms with Crippen molar-refractivity contribution < 1.29 is 19.4 Å². The summed E-state index contributed by atoms with van der Waals surface area (Å²) in [5.74, 6) is 1.01.